The summed E-state index contributed by atoms with van der Waals surface area (Å²) in [6.45, 7) is 0. The summed E-state index contributed by atoms with van der Waals surface area (Å²) >= 11 is 0. The van der Waals surface area contributed by atoms with Gasteiger partial charge in [0, 0.05) is 17.9 Å². The summed E-state index contributed by atoms with van der Waals surface area (Å²) in [6, 6.07) is 29.9. The van der Waals surface area contributed by atoms with E-state index in [1.807, 2.05) is 6.07 Å². The summed E-state index contributed by atoms with van der Waals surface area (Å²) in [5.41, 5.74) is 3.98. The number of hydrogen-bond acceptors (Lipinski definition) is 1. The standard InChI is InChI=1S/C27H32NO/c1-28(2,3)26(23-15-8-5-9-16-23)25-19-18-22-14-10-11-17-24(22)27(25,29)20-21-12-6-4-7-13-21/h4-17,25-26,29H,18-20H2,1-3H3/q+1/t25-,26-,27-/m1/s1. The van der Waals surface area contributed by atoms with Gasteiger partial charge in [0.05, 0.1) is 21.1 Å². The minimum Gasteiger partial charge on any atom is -0.384 e. The number of aliphatic hydroxyl groups is 1. The Morgan fingerprint density at radius 1 is 0.862 bits per heavy atom. The first-order valence-corrected chi connectivity index (χ1v) is 10.6. The third-order valence-corrected chi connectivity index (χ3v) is 6.50. The van der Waals surface area contributed by atoms with Crippen molar-refractivity contribution in [1.82, 2.24) is 0 Å². The normalized spacial score (nSPS) is 22.7. The molecule has 0 amide bonds. The Morgan fingerprint density at radius 3 is 2.10 bits per heavy atom. The molecular weight excluding hydrogens is 354 g/mol. The van der Waals surface area contributed by atoms with Crippen molar-refractivity contribution in [3.05, 3.63) is 107 Å². The topological polar surface area (TPSA) is 20.2 Å². The SMILES string of the molecule is C[N+](C)(C)[C@H](c1ccccc1)[C@H]1CCc2ccccc2[C@]1(O)Cc1ccccc1. The van der Waals surface area contributed by atoms with Crippen molar-refractivity contribution in [3.8, 4) is 0 Å². The Kier molecular flexibility index (Phi) is 5.33. The van der Waals surface area contributed by atoms with Crippen LogP contribution in [0, 0.1) is 5.92 Å². The van der Waals surface area contributed by atoms with Crippen molar-refractivity contribution in [3.63, 3.8) is 0 Å². The highest BCUT2D eigenvalue weighted by molar-refractivity contribution is 5.39. The zero-order chi connectivity index (χ0) is 20.5. The Hall–Kier alpha value is -2.42. The van der Waals surface area contributed by atoms with E-state index in [2.05, 4.69) is 100 Å². The van der Waals surface area contributed by atoms with Gasteiger partial charge >= 0.3 is 0 Å². The Balaban J connectivity index is 1.86. The summed E-state index contributed by atoms with van der Waals surface area (Å²) in [7, 11) is 6.75. The van der Waals surface area contributed by atoms with E-state index in [1.54, 1.807) is 0 Å². The zero-order valence-electron chi connectivity index (χ0n) is 17.8. The maximum atomic E-state index is 12.4. The molecule has 0 saturated carbocycles. The maximum Gasteiger partial charge on any atom is 0.120 e. The molecule has 0 spiro atoms. The molecule has 0 radical (unpaired) electrons. The van der Waals surface area contributed by atoms with Crippen LogP contribution >= 0.6 is 0 Å². The maximum absolute atomic E-state index is 12.4. The van der Waals surface area contributed by atoms with Gasteiger partial charge < -0.3 is 9.59 Å². The van der Waals surface area contributed by atoms with Crippen LogP contribution in [0.25, 0.3) is 0 Å². The molecule has 1 aliphatic carbocycles. The third kappa shape index (κ3) is 3.88. The molecule has 0 heterocycles. The van der Waals surface area contributed by atoms with E-state index in [0.717, 1.165) is 22.9 Å². The number of rotatable bonds is 5. The second kappa shape index (κ2) is 7.78. The van der Waals surface area contributed by atoms with Crippen LogP contribution in [0.15, 0.2) is 84.9 Å². The molecule has 3 aromatic rings. The monoisotopic (exact) mass is 386 g/mol. The van der Waals surface area contributed by atoms with Crippen molar-refractivity contribution >= 4 is 0 Å². The summed E-state index contributed by atoms with van der Waals surface area (Å²) in [6.07, 6.45) is 2.63. The lowest BCUT2D eigenvalue weighted by Gasteiger charge is -2.49. The highest BCUT2D eigenvalue weighted by atomic mass is 16.3. The minimum absolute atomic E-state index is 0.125. The van der Waals surface area contributed by atoms with Gasteiger partial charge in [-0.3, -0.25) is 0 Å². The second-order valence-electron chi connectivity index (χ2n) is 9.36. The van der Waals surface area contributed by atoms with Gasteiger partial charge in [-0.05, 0) is 29.5 Å². The first-order chi connectivity index (χ1) is 13.9. The molecule has 1 aliphatic rings. The molecule has 3 aromatic carbocycles. The van der Waals surface area contributed by atoms with Gasteiger partial charge in [0.25, 0.3) is 0 Å². The molecule has 0 fully saturated rings. The van der Waals surface area contributed by atoms with Crippen LogP contribution in [0.3, 0.4) is 0 Å². The summed E-state index contributed by atoms with van der Waals surface area (Å²) in [5.74, 6) is 0.125. The van der Waals surface area contributed by atoms with E-state index in [1.165, 1.54) is 16.7 Å². The fourth-order valence-corrected chi connectivity index (χ4v) is 5.33. The van der Waals surface area contributed by atoms with Gasteiger partial charge in [-0.15, -0.1) is 0 Å². The summed E-state index contributed by atoms with van der Waals surface area (Å²) in [5, 5.41) is 12.4. The van der Waals surface area contributed by atoms with E-state index in [4.69, 9.17) is 0 Å². The number of quaternary nitrogens is 1. The van der Waals surface area contributed by atoms with E-state index in [0.29, 0.717) is 6.42 Å². The average molecular weight is 387 g/mol. The molecule has 4 rings (SSSR count). The van der Waals surface area contributed by atoms with Crippen LogP contribution in [0.1, 0.15) is 34.7 Å². The lowest BCUT2D eigenvalue weighted by atomic mass is 9.64. The smallest absolute Gasteiger partial charge is 0.120 e. The van der Waals surface area contributed by atoms with Gasteiger partial charge in [-0.2, -0.15) is 0 Å². The van der Waals surface area contributed by atoms with E-state index >= 15 is 0 Å². The second-order valence-corrected chi connectivity index (χ2v) is 9.36. The molecule has 150 valence electrons. The largest absolute Gasteiger partial charge is 0.384 e. The van der Waals surface area contributed by atoms with Crippen LogP contribution in [0.2, 0.25) is 0 Å². The molecular formula is C27H32NO+. The predicted octanol–water partition coefficient (Wildman–Crippen LogP) is 5.13. The molecule has 0 aromatic heterocycles. The lowest BCUT2D eigenvalue weighted by Crippen LogP contribution is -2.52. The van der Waals surface area contributed by atoms with Crippen molar-refractivity contribution in [1.29, 1.82) is 0 Å². The number of fused-ring (bicyclic) bond motifs is 1. The van der Waals surface area contributed by atoms with Crippen molar-refractivity contribution < 1.29 is 9.59 Å². The molecule has 3 atom stereocenters. The molecule has 0 unspecified atom stereocenters. The Labute approximate surface area is 175 Å². The first-order valence-electron chi connectivity index (χ1n) is 10.6. The van der Waals surface area contributed by atoms with Crippen LogP contribution < -0.4 is 0 Å². The van der Waals surface area contributed by atoms with Crippen molar-refractivity contribution in [2.24, 2.45) is 5.92 Å². The molecule has 2 heteroatoms. The highest BCUT2D eigenvalue weighted by Gasteiger charge is 2.50. The predicted molar refractivity (Wildman–Crippen MR) is 120 cm³/mol. The Bertz CT molecular complexity index is 945. The van der Waals surface area contributed by atoms with E-state index in [-0.39, 0.29) is 12.0 Å². The van der Waals surface area contributed by atoms with Crippen LogP contribution in [-0.2, 0) is 18.4 Å². The fraction of sp³-hybridized carbons (Fsp3) is 0.333. The van der Waals surface area contributed by atoms with Crippen LogP contribution in [-0.4, -0.2) is 30.7 Å². The molecule has 29 heavy (non-hydrogen) atoms. The fourth-order valence-electron chi connectivity index (χ4n) is 5.33. The zero-order valence-corrected chi connectivity index (χ0v) is 17.8. The molecule has 0 saturated heterocycles. The van der Waals surface area contributed by atoms with Gasteiger partial charge in [-0.25, -0.2) is 0 Å². The van der Waals surface area contributed by atoms with Crippen molar-refractivity contribution in [2.45, 2.75) is 30.9 Å². The average Bonchev–Trinajstić information content (AvgIpc) is 2.71. The summed E-state index contributed by atoms with van der Waals surface area (Å²) in [4.78, 5) is 0. The number of aryl methyl sites for hydroxylation is 1. The Morgan fingerprint density at radius 2 is 1.45 bits per heavy atom. The van der Waals surface area contributed by atoms with Crippen LogP contribution in [0.4, 0.5) is 0 Å². The van der Waals surface area contributed by atoms with Gasteiger partial charge in [0.15, 0.2) is 0 Å². The highest BCUT2D eigenvalue weighted by Crippen LogP contribution is 2.50. The molecule has 0 bridgehead atoms. The lowest BCUT2D eigenvalue weighted by molar-refractivity contribution is -0.908. The van der Waals surface area contributed by atoms with Gasteiger partial charge in [0.1, 0.15) is 11.6 Å². The van der Waals surface area contributed by atoms with Crippen molar-refractivity contribution in [2.75, 3.05) is 21.1 Å². The molecule has 2 nitrogen and oxygen atoms in total. The molecule has 0 aliphatic heterocycles. The number of nitrogens with zero attached hydrogens (tertiary/aromatic N) is 1. The quantitative estimate of drug-likeness (QED) is 0.603. The summed E-state index contributed by atoms with van der Waals surface area (Å²) < 4.78 is 0.786. The van der Waals surface area contributed by atoms with E-state index < -0.39 is 5.60 Å². The minimum atomic E-state index is -0.901. The van der Waals surface area contributed by atoms with Gasteiger partial charge in [0.2, 0.25) is 0 Å². The van der Waals surface area contributed by atoms with Crippen LogP contribution in [0.5, 0.6) is 0 Å². The van der Waals surface area contributed by atoms with Gasteiger partial charge in [-0.1, -0.05) is 84.9 Å². The first kappa shape index (κ1) is 19.9. The van der Waals surface area contributed by atoms with E-state index in [9.17, 15) is 5.11 Å². The molecule has 1 N–H and O–H groups in total. The third-order valence-electron chi connectivity index (χ3n) is 6.50. The number of hydrogen-bond donors (Lipinski definition) is 1. The number of benzene rings is 3.